The summed E-state index contributed by atoms with van der Waals surface area (Å²) in [6, 6.07) is 1.77. The quantitative estimate of drug-likeness (QED) is 0.838. The second-order valence-corrected chi connectivity index (χ2v) is 5.78. The summed E-state index contributed by atoms with van der Waals surface area (Å²) in [5, 5.41) is 7.08. The van der Waals surface area contributed by atoms with Crippen molar-refractivity contribution in [2.45, 2.75) is 63.8 Å². The molecule has 0 bridgehead atoms. The number of nitrogens with two attached hydrogens (primary N) is 1. The fraction of sp³-hybridized carbons (Fsp3) is 0.733. The molecule has 1 saturated carbocycles. The van der Waals surface area contributed by atoms with Crippen LogP contribution in [0.2, 0.25) is 0 Å². The minimum Gasteiger partial charge on any atom is -0.351 e. The van der Waals surface area contributed by atoms with Crippen molar-refractivity contribution in [2.75, 3.05) is 6.54 Å². The second-order valence-electron chi connectivity index (χ2n) is 5.78. The van der Waals surface area contributed by atoms with Crippen LogP contribution >= 0.6 is 0 Å². The fourth-order valence-electron chi connectivity index (χ4n) is 3.03. The fourth-order valence-corrected chi connectivity index (χ4v) is 3.03. The highest BCUT2D eigenvalue weighted by molar-refractivity contribution is 5.92. The highest BCUT2D eigenvalue weighted by Gasteiger charge is 2.35. The van der Waals surface area contributed by atoms with Crippen LogP contribution in [0.5, 0.6) is 0 Å². The number of hydrogen-bond acceptors (Lipinski definition) is 4. The molecule has 0 saturated heterocycles. The molecule has 1 aromatic heterocycles. The van der Waals surface area contributed by atoms with E-state index in [4.69, 9.17) is 10.3 Å². The van der Waals surface area contributed by atoms with Crippen molar-refractivity contribution in [1.29, 1.82) is 0 Å². The largest absolute Gasteiger partial charge is 0.351 e. The molecule has 0 radical (unpaired) electrons. The predicted octanol–water partition coefficient (Wildman–Crippen LogP) is 2.58. The third kappa shape index (κ3) is 3.03. The van der Waals surface area contributed by atoms with Gasteiger partial charge >= 0.3 is 0 Å². The van der Waals surface area contributed by atoms with Gasteiger partial charge in [0.25, 0.3) is 5.91 Å². The Kier molecular flexibility index (Phi) is 4.81. The van der Waals surface area contributed by atoms with E-state index in [0.717, 1.165) is 44.2 Å². The topological polar surface area (TPSA) is 81.2 Å². The molecule has 0 unspecified atom stereocenters. The van der Waals surface area contributed by atoms with Gasteiger partial charge < -0.3 is 15.6 Å². The lowest BCUT2D eigenvalue weighted by Gasteiger charge is -2.27. The average molecular weight is 279 g/mol. The van der Waals surface area contributed by atoms with Gasteiger partial charge in [-0.25, -0.2) is 0 Å². The molecule has 0 aliphatic heterocycles. The van der Waals surface area contributed by atoms with Gasteiger partial charge in [0.1, 0.15) is 0 Å². The first-order valence-electron chi connectivity index (χ1n) is 7.63. The Bertz CT molecular complexity index is 446. The molecular formula is C15H25N3O2. The maximum absolute atomic E-state index is 12.3. The monoisotopic (exact) mass is 279 g/mol. The minimum absolute atomic E-state index is 0.193. The summed E-state index contributed by atoms with van der Waals surface area (Å²) >= 11 is 0. The van der Waals surface area contributed by atoms with Gasteiger partial charge in [-0.3, -0.25) is 4.79 Å². The van der Waals surface area contributed by atoms with Crippen molar-refractivity contribution in [1.82, 2.24) is 10.5 Å². The summed E-state index contributed by atoms with van der Waals surface area (Å²) < 4.78 is 5.21. The molecule has 0 atom stereocenters. The number of nitrogens with zero attached hydrogens (tertiary/aromatic N) is 1. The molecule has 1 amide bonds. The number of amides is 1. The number of rotatable bonds is 6. The highest BCUT2D eigenvalue weighted by atomic mass is 16.5. The average Bonchev–Trinajstić information content (AvgIpc) is 3.10. The minimum atomic E-state index is -0.251. The number of aromatic nitrogens is 1. The van der Waals surface area contributed by atoms with Crippen LogP contribution in [-0.4, -0.2) is 23.1 Å². The molecule has 1 fully saturated rings. The Morgan fingerprint density at radius 3 is 2.65 bits per heavy atom. The Balaban J connectivity index is 2.06. The van der Waals surface area contributed by atoms with E-state index in [1.807, 2.05) is 0 Å². The molecular weight excluding hydrogens is 254 g/mol. The number of carbonyl (C=O) groups excluding carboxylic acids is 1. The van der Waals surface area contributed by atoms with E-state index in [-0.39, 0.29) is 11.4 Å². The lowest BCUT2D eigenvalue weighted by Crippen LogP contribution is -2.51. The van der Waals surface area contributed by atoms with Crippen molar-refractivity contribution in [3.8, 4) is 0 Å². The van der Waals surface area contributed by atoms with Crippen LogP contribution in [-0.2, 0) is 0 Å². The molecule has 1 aromatic rings. The van der Waals surface area contributed by atoms with Crippen molar-refractivity contribution in [3.05, 3.63) is 17.5 Å². The first-order valence-corrected chi connectivity index (χ1v) is 7.63. The SMILES string of the molecule is CCC(CC)c1cc(C(=O)NC2(CN)CCCC2)on1. The van der Waals surface area contributed by atoms with E-state index >= 15 is 0 Å². The normalized spacial score (nSPS) is 17.6. The molecule has 3 N–H and O–H groups in total. The van der Waals surface area contributed by atoms with E-state index < -0.39 is 0 Å². The van der Waals surface area contributed by atoms with Crippen LogP contribution < -0.4 is 11.1 Å². The summed E-state index contributed by atoms with van der Waals surface area (Å²) in [5.74, 6) is 0.462. The van der Waals surface area contributed by atoms with Crippen molar-refractivity contribution < 1.29 is 9.32 Å². The molecule has 0 aromatic carbocycles. The van der Waals surface area contributed by atoms with Gasteiger partial charge in [0.15, 0.2) is 0 Å². The van der Waals surface area contributed by atoms with E-state index in [2.05, 4.69) is 24.3 Å². The third-order valence-corrected chi connectivity index (χ3v) is 4.49. The molecule has 1 aliphatic rings. The maximum atomic E-state index is 12.3. The lowest BCUT2D eigenvalue weighted by molar-refractivity contribution is 0.0865. The van der Waals surface area contributed by atoms with Gasteiger partial charge in [0.2, 0.25) is 5.76 Å². The number of hydrogen-bond donors (Lipinski definition) is 2. The molecule has 2 rings (SSSR count). The van der Waals surface area contributed by atoms with Gasteiger partial charge in [-0.1, -0.05) is 31.8 Å². The summed E-state index contributed by atoms with van der Waals surface area (Å²) in [4.78, 5) is 12.3. The molecule has 1 heterocycles. The van der Waals surface area contributed by atoms with Crippen LogP contribution in [0.25, 0.3) is 0 Å². The Hall–Kier alpha value is -1.36. The van der Waals surface area contributed by atoms with Gasteiger partial charge in [-0.2, -0.15) is 0 Å². The van der Waals surface area contributed by atoms with Gasteiger partial charge in [0, 0.05) is 18.5 Å². The smallest absolute Gasteiger partial charge is 0.290 e. The third-order valence-electron chi connectivity index (χ3n) is 4.49. The lowest BCUT2D eigenvalue weighted by atomic mass is 9.97. The summed E-state index contributed by atoms with van der Waals surface area (Å²) in [6.07, 6.45) is 6.12. The van der Waals surface area contributed by atoms with E-state index in [1.54, 1.807) is 6.07 Å². The van der Waals surface area contributed by atoms with Gasteiger partial charge in [-0.15, -0.1) is 0 Å². The number of carbonyl (C=O) groups is 1. The first-order chi connectivity index (χ1) is 9.64. The maximum Gasteiger partial charge on any atom is 0.290 e. The molecule has 20 heavy (non-hydrogen) atoms. The summed E-state index contributed by atoms with van der Waals surface area (Å²) in [6.45, 7) is 4.71. The molecule has 1 aliphatic carbocycles. The number of nitrogens with one attached hydrogen (secondary N) is 1. The standard InChI is InChI=1S/C15H25N3O2/c1-3-11(4-2)12-9-13(20-18-12)14(19)17-15(10-16)7-5-6-8-15/h9,11H,3-8,10,16H2,1-2H3,(H,17,19). The summed E-state index contributed by atoms with van der Waals surface area (Å²) in [7, 11) is 0. The zero-order chi connectivity index (χ0) is 14.6. The zero-order valence-electron chi connectivity index (χ0n) is 12.4. The highest BCUT2D eigenvalue weighted by Crippen LogP contribution is 2.29. The molecule has 5 nitrogen and oxygen atoms in total. The van der Waals surface area contributed by atoms with E-state index in [9.17, 15) is 4.79 Å². The Morgan fingerprint density at radius 1 is 1.45 bits per heavy atom. The Morgan fingerprint density at radius 2 is 2.10 bits per heavy atom. The van der Waals surface area contributed by atoms with E-state index in [0.29, 0.717) is 18.2 Å². The zero-order valence-corrected chi connectivity index (χ0v) is 12.4. The van der Waals surface area contributed by atoms with Crippen LogP contribution in [0.15, 0.2) is 10.6 Å². The summed E-state index contributed by atoms with van der Waals surface area (Å²) in [5.41, 5.74) is 6.45. The van der Waals surface area contributed by atoms with Crippen LogP contribution in [0.4, 0.5) is 0 Å². The Labute approximate surface area is 120 Å². The van der Waals surface area contributed by atoms with E-state index in [1.165, 1.54) is 0 Å². The van der Waals surface area contributed by atoms with Gasteiger partial charge in [-0.05, 0) is 25.7 Å². The predicted molar refractivity (Wildman–Crippen MR) is 77.5 cm³/mol. The van der Waals surface area contributed by atoms with Crippen molar-refractivity contribution in [2.24, 2.45) is 5.73 Å². The van der Waals surface area contributed by atoms with Gasteiger partial charge in [0.05, 0.1) is 11.2 Å². The molecule has 0 spiro atoms. The molecule has 112 valence electrons. The van der Waals surface area contributed by atoms with Crippen LogP contribution in [0.1, 0.15) is 74.5 Å². The van der Waals surface area contributed by atoms with Crippen molar-refractivity contribution >= 4 is 5.91 Å². The molecule has 5 heteroatoms. The van der Waals surface area contributed by atoms with Crippen LogP contribution in [0.3, 0.4) is 0 Å². The van der Waals surface area contributed by atoms with Crippen molar-refractivity contribution in [3.63, 3.8) is 0 Å². The van der Waals surface area contributed by atoms with Crippen LogP contribution in [0, 0.1) is 0 Å². The first kappa shape index (κ1) is 15.0. The second kappa shape index (κ2) is 6.39.